The van der Waals surface area contributed by atoms with Crippen molar-refractivity contribution in [2.45, 2.75) is 12.8 Å². The summed E-state index contributed by atoms with van der Waals surface area (Å²) >= 11 is 0.779. The van der Waals surface area contributed by atoms with E-state index in [0.29, 0.717) is 0 Å². The highest BCUT2D eigenvalue weighted by Gasteiger charge is 2.29. The molecular formula is C5H5F3N2O2S. The van der Waals surface area contributed by atoms with Crippen molar-refractivity contribution in [2.75, 3.05) is 6.61 Å². The lowest BCUT2D eigenvalue weighted by atomic mass is 10.7. The molecule has 0 aliphatic heterocycles. The lowest BCUT2D eigenvalue weighted by molar-refractivity contribution is -0.153. The molecule has 0 atom stereocenters. The van der Waals surface area contributed by atoms with Crippen LogP contribution in [0.5, 0.6) is 5.19 Å². The van der Waals surface area contributed by atoms with E-state index < -0.39 is 12.8 Å². The number of hydrogen-bond donors (Lipinski definition) is 1. The van der Waals surface area contributed by atoms with Crippen molar-refractivity contribution in [3.8, 4) is 5.19 Å². The summed E-state index contributed by atoms with van der Waals surface area (Å²) in [6.07, 6.45) is -4.38. The highest BCUT2D eigenvalue weighted by atomic mass is 32.1. The molecule has 0 bridgehead atoms. The Kier molecular flexibility index (Phi) is 3.04. The van der Waals surface area contributed by atoms with E-state index in [2.05, 4.69) is 14.9 Å². The zero-order valence-electron chi connectivity index (χ0n) is 6.21. The summed E-state index contributed by atoms with van der Waals surface area (Å²) in [7, 11) is 0. The van der Waals surface area contributed by atoms with Crippen LogP contribution < -0.4 is 4.74 Å². The standard InChI is InChI=1S/C5H5F3N2O2S/c6-5(7,8)2-12-4-10-9-3(1-11)13-4/h11H,1-2H2. The molecule has 1 rings (SSSR count). The number of alkyl halides is 3. The Bertz CT molecular complexity index is 275. The molecule has 0 aliphatic rings. The largest absolute Gasteiger partial charge is 0.459 e. The number of rotatable bonds is 3. The zero-order valence-corrected chi connectivity index (χ0v) is 7.02. The third-order valence-corrected chi connectivity index (χ3v) is 1.76. The average Bonchev–Trinajstić information content (AvgIpc) is 2.47. The molecule has 1 aromatic heterocycles. The van der Waals surface area contributed by atoms with Crippen LogP contribution in [-0.2, 0) is 6.61 Å². The average molecular weight is 214 g/mol. The first kappa shape index (κ1) is 10.2. The van der Waals surface area contributed by atoms with Gasteiger partial charge in [0.2, 0.25) is 0 Å². The second-order valence-corrected chi connectivity index (χ2v) is 3.05. The molecule has 0 amide bonds. The Morgan fingerprint density at radius 2 is 2.08 bits per heavy atom. The van der Waals surface area contributed by atoms with Crippen molar-refractivity contribution in [1.82, 2.24) is 10.2 Å². The summed E-state index contributed by atoms with van der Waals surface area (Å²) in [6, 6.07) is 0. The maximum Gasteiger partial charge on any atom is 0.422 e. The molecule has 0 aromatic carbocycles. The first-order chi connectivity index (χ1) is 6.01. The summed E-state index contributed by atoms with van der Waals surface area (Å²) in [5, 5.41) is 15.2. The van der Waals surface area contributed by atoms with Crippen molar-refractivity contribution in [3.63, 3.8) is 0 Å². The molecule has 74 valence electrons. The van der Waals surface area contributed by atoms with Gasteiger partial charge >= 0.3 is 6.18 Å². The van der Waals surface area contributed by atoms with Crippen LogP contribution in [0.4, 0.5) is 13.2 Å². The molecule has 8 heteroatoms. The van der Waals surface area contributed by atoms with Crippen LogP contribution >= 0.6 is 11.3 Å². The lowest BCUT2D eigenvalue weighted by Gasteiger charge is -2.04. The molecule has 1 heterocycles. The molecule has 0 radical (unpaired) electrons. The summed E-state index contributed by atoms with van der Waals surface area (Å²) in [5.41, 5.74) is 0. The highest BCUT2D eigenvalue weighted by molar-refractivity contribution is 7.13. The zero-order chi connectivity index (χ0) is 9.90. The maximum absolute atomic E-state index is 11.6. The third kappa shape index (κ3) is 3.55. The molecule has 0 spiro atoms. The first-order valence-electron chi connectivity index (χ1n) is 3.14. The molecule has 13 heavy (non-hydrogen) atoms. The maximum atomic E-state index is 11.6. The van der Waals surface area contributed by atoms with Gasteiger partial charge in [-0.05, 0) is 0 Å². The quantitative estimate of drug-likeness (QED) is 0.814. The van der Waals surface area contributed by atoms with Crippen LogP contribution in [0.15, 0.2) is 0 Å². The van der Waals surface area contributed by atoms with Gasteiger partial charge in [0.15, 0.2) is 6.61 Å². The normalized spacial score (nSPS) is 11.7. The molecule has 0 fully saturated rings. The van der Waals surface area contributed by atoms with Crippen molar-refractivity contribution < 1.29 is 23.0 Å². The first-order valence-corrected chi connectivity index (χ1v) is 3.96. The van der Waals surface area contributed by atoms with E-state index in [-0.39, 0.29) is 16.8 Å². The fraction of sp³-hybridized carbons (Fsp3) is 0.600. The molecule has 0 saturated heterocycles. The Hall–Kier alpha value is -0.890. The van der Waals surface area contributed by atoms with Crippen molar-refractivity contribution in [2.24, 2.45) is 0 Å². The van der Waals surface area contributed by atoms with Crippen LogP contribution in [0.3, 0.4) is 0 Å². The van der Waals surface area contributed by atoms with Gasteiger partial charge in [-0.2, -0.15) is 13.2 Å². The Morgan fingerprint density at radius 1 is 1.38 bits per heavy atom. The molecule has 0 unspecified atom stereocenters. The lowest BCUT2D eigenvalue weighted by Crippen LogP contribution is -2.19. The Balaban J connectivity index is 2.46. The molecule has 0 aliphatic carbocycles. The number of aliphatic hydroxyl groups excluding tert-OH is 1. The van der Waals surface area contributed by atoms with Crippen molar-refractivity contribution in [1.29, 1.82) is 0 Å². The fourth-order valence-electron chi connectivity index (χ4n) is 0.504. The number of hydrogen-bond acceptors (Lipinski definition) is 5. The van der Waals surface area contributed by atoms with E-state index in [9.17, 15) is 13.2 Å². The minimum Gasteiger partial charge on any atom is -0.459 e. The molecule has 1 aromatic rings. The van der Waals surface area contributed by atoms with E-state index in [1.165, 1.54) is 0 Å². The van der Waals surface area contributed by atoms with Gasteiger partial charge in [0.05, 0.1) is 6.61 Å². The van der Waals surface area contributed by atoms with Gasteiger partial charge in [0.25, 0.3) is 5.19 Å². The van der Waals surface area contributed by atoms with E-state index in [4.69, 9.17) is 5.11 Å². The highest BCUT2D eigenvalue weighted by Crippen LogP contribution is 2.21. The summed E-state index contributed by atoms with van der Waals surface area (Å²) < 4.78 is 39.1. The minimum atomic E-state index is -4.38. The molecule has 4 nitrogen and oxygen atoms in total. The monoisotopic (exact) mass is 214 g/mol. The van der Waals surface area contributed by atoms with E-state index >= 15 is 0 Å². The number of halogens is 3. The van der Waals surface area contributed by atoms with Crippen molar-refractivity contribution in [3.05, 3.63) is 5.01 Å². The number of ether oxygens (including phenoxy) is 1. The number of aromatic nitrogens is 2. The van der Waals surface area contributed by atoms with Crippen LogP contribution in [-0.4, -0.2) is 28.1 Å². The second-order valence-electron chi connectivity index (χ2n) is 2.02. The molecule has 0 saturated carbocycles. The third-order valence-electron chi connectivity index (χ3n) is 0.943. The van der Waals surface area contributed by atoms with E-state index in [0.717, 1.165) is 11.3 Å². The van der Waals surface area contributed by atoms with Crippen molar-refractivity contribution >= 4 is 11.3 Å². The Labute approximate surface area is 75.0 Å². The SMILES string of the molecule is OCc1nnc(OCC(F)(F)F)s1. The smallest absolute Gasteiger partial charge is 0.422 e. The number of nitrogens with zero attached hydrogens (tertiary/aromatic N) is 2. The van der Waals surface area contributed by atoms with E-state index in [1.807, 2.05) is 0 Å². The fourth-order valence-corrected chi connectivity index (χ4v) is 1.05. The van der Waals surface area contributed by atoms with Gasteiger partial charge < -0.3 is 9.84 Å². The predicted octanol–water partition coefficient (Wildman–Crippen LogP) is 0.972. The van der Waals surface area contributed by atoms with Gasteiger partial charge in [-0.25, -0.2) is 0 Å². The topological polar surface area (TPSA) is 55.2 Å². The second kappa shape index (κ2) is 3.88. The van der Waals surface area contributed by atoms with Crippen LogP contribution in [0, 0.1) is 0 Å². The summed E-state index contributed by atoms with van der Waals surface area (Å²) in [4.78, 5) is 0. The minimum absolute atomic E-state index is 0.193. The summed E-state index contributed by atoms with van der Waals surface area (Å²) in [5.74, 6) is 0. The van der Waals surface area contributed by atoms with Gasteiger partial charge in [-0.3, -0.25) is 0 Å². The van der Waals surface area contributed by atoms with Crippen LogP contribution in [0.25, 0.3) is 0 Å². The summed E-state index contributed by atoms with van der Waals surface area (Å²) in [6.45, 7) is -1.75. The van der Waals surface area contributed by atoms with Crippen LogP contribution in [0.1, 0.15) is 5.01 Å². The molecule has 1 N–H and O–H groups in total. The Morgan fingerprint density at radius 3 is 2.54 bits per heavy atom. The van der Waals surface area contributed by atoms with Gasteiger partial charge in [0, 0.05) is 0 Å². The van der Waals surface area contributed by atoms with Crippen LogP contribution in [0.2, 0.25) is 0 Å². The predicted molar refractivity (Wildman–Crippen MR) is 37.4 cm³/mol. The van der Waals surface area contributed by atoms with Gasteiger partial charge in [-0.1, -0.05) is 16.4 Å². The number of aliphatic hydroxyl groups is 1. The van der Waals surface area contributed by atoms with Gasteiger partial charge in [0.1, 0.15) is 5.01 Å². The van der Waals surface area contributed by atoms with Gasteiger partial charge in [-0.15, -0.1) is 5.10 Å². The molecular weight excluding hydrogens is 209 g/mol. The van der Waals surface area contributed by atoms with E-state index in [1.54, 1.807) is 0 Å².